The lowest BCUT2D eigenvalue weighted by atomic mass is 10.0. The second kappa shape index (κ2) is 7.90. The molecule has 0 aliphatic carbocycles. The predicted molar refractivity (Wildman–Crippen MR) is 77.9 cm³/mol. The Morgan fingerprint density at radius 1 is 1.40 bits per heavy atom. The van der Waals surface area contributed by atoms with Crippen LogP contribution in [0.1, 0.15) is 24.8 Å². The number of rotatable bonds is 6. The monoisotopic (exact) mass is 277 g/mol. The first-order valence-electron chi connectivity index (χ1n) is 7.25. The molecule has 1 aliphatic rings. The highest BCUT2D eigenvalue weighted by Crippen LogP contribution is 2.13. The van der Waals surface area contributed by atoms with Gasteiger partial charge < -0.3 is 14.8 Å². The summed E-state index contributed by atoms with van der Waals surface area (Å²) in [4.78, 5) is 11.8. The summed E-state index contributed by atoms with van der Waals surface area (Å²) in [5, 5.41) is 3.00. The van der Waals surface area contributed by atoms with Crippen molar-refractivity contribution in [3.05, 3.63) is 29.8 Å². The summed E-state index contributed by atoms with van der Waals surface area (Å²) < 4.78 is 10.5. The molecule has 2 rings (SSSR count). The van der Waals surface area contributed by atoms with E-state index < -0.39 is 0 Å². The Morgan fingerprint density at radius 3 is 2.85 bits per heavy atom. The first kappa shape index (κ1) is 14.9. The molecule has 1 fully saturated rings. The average molecular weight is 277 g/mol. The van der Waals surface area contributed by atoms with E-state index in [1.54, 1.807) is 7.11 Å². The van der Waals surface area contributed by atoms with E-state index in [0.717, 1.165) is 50.3 Å². The first-order valence-corrected chi connectivity index (χ1v) is 7.25. The zero-order valence-electron chi connectivity index (χ0n) is 12.1. The van der Waals surface area contributed by atoms with Crippen molar-refractivity contribution >= 4 is 5.91 Å². The molecule has 0 radical (unpaired) electrons. The molecule has 0 bridgehead atoms. The van der Waals surface area contributed by atoms with Crippen molar-refractivity contribution < 1.29 is 14.3 Å². The minimum absolute atomic E-state index is 0.117. The van der Waals surface area contributed by atoms with Crippen LogP contribution in [0.15, 0.2) is 24.3 Å². The molecule has 1 aliphatic heterocycles. The van der Waals surface area contributed by atoms with Crippen molar-refractivity contribution in [1.29, 1.82) is 0 Å². The van der Waals surface area contributed by atoms with Gasteiger partial charge in [0.2, 0.25) is 5.91 Å². The van der Waals surface area contributed by atoms with E-state index in [-0.39, 0.29) is 5.91 Å². The normalized spacial score (nSPS) is 18.6. The Bertz CT molecular complexity index is 410. The minimum atomic E-state index is 0.117. The molecule has 1 heterocycles. The lowest BCUT2D eigenvalue weighted by Crippen LogP contribution is -2.33. The Morgan fingerprint density at radius 2 is 2.20 bits per heavy atom. The number of carbonyl (C=O) groups is 1. The molecule has 1 aromatic rings. The van der Waals surface area contributed by atoms with Gasteiger partial charge in [0.05, 0.1) is 13.7 Å². The van der Waals surface area contributed by atoms with Crippen molar-refractivity contribution in [1.82, 2.24) is 5.32 Å². The SMILES string of the molecule is COc1ccc(CCC(=O)NC[C@H]2CCCOC2)cc1. The van der Waals surface area contributed by atoms with Gasteiger partial charge in [-0.25, -0.2) is 0 Å². The summed E-state index contributed by atoms with van der Waals surface area (Å²) in [5.74, 6) is 1.44. The number of hydrogen-bond acceptors (Lipinski definition) is 3. The van der Waals surface area contributed by atoms with Crippen LogP contribution in [-0.4, -0.2) is 32.8 Å². The molecule has 0 unspecified atom stereocenters. The fourth-order valence-electron chi connectivity index (χ4n) is 2.37. The Hall–Kier alpha value is -1.55. The van der Waals surface area contributed by atoms with E-state index in [0.29, 0.717) is 12.3 Å². The topological polar surface area (TPSA) is 47.6 Å². The fraction of sp³-hybridized carbons (Fsp3) is 0.562. The minimum Gasteiger partial charge on any atom is -0.497 e. The molecule has 0 aromatic heterocycles. The molecule has 110 valence electrons. The van der Waals surface area contributed by atoms with Crippen LogP contribution in [0.2, 0.25) is 0 Å². The summed E-state index contributed by atoms with van der Waals surface area (Å²) in [6, 6.07) is 7.85. The number of amides is 1. The zero-order valence-corrected chi connectivity index (χ0v) is 12.1. The third kappa shape index (κ3) is 4.85. The molecule has 1 saturated heterocycles. The fourth-order valence-corrected chi connectivity index (χ4v) is 2.37. The zero-order chi connectivity index (χ0) is 14.2. The van der Waals surface area contributed by atoms with Crippen LogP contribution in [0.5, 0.6) is 5.75 Å². The van der Waals surface area contributed by atoms with Crippen LogP contribution >= 0.6 is 0 Å². The van der Waals surface area contributed by atoms with Gasteiger partial charge in [-0.15, -0.1) is 0 Å². The number of ether oxygens (including phenoxy) is 2. The number of hydrogen-bond donors (Lipinski definition) is 1. The summed E-state index contributed by atoms with van der Waals surface area (Å²) in [7, 11) is 1.65. The molecule has 4 heteroatoms. The molecule has 4 nitrogen and oxygen atoms in total. The summed E-state index contributed by atoms with van der Waals surface area (Å²) in [6.07, 6.45) is 3.54. The molecule has 20 heavy (non-hydrogen) atoms. The second-order valence-electron chi connectivity index (χ2n) is 5.24. The predicted octanol–water partition coefficient (Wildman–Crippen LogP) is 2.17. The van der Waals surface area contributed by atoms with Gasteiger partial charge in [-0.05, 0) is 42.9 Å². The molecule has 1 amide bonds. The van der Waals surface area contributed by atoms with E-state index in [2.05, 4.69) is 5.32 Å². The van der Waals surface area contributed by atoms with E-state index in [1.165, 1.54) is 0 Å². The molecular weight excluding hydrogens is 254 g/mol. The maximum atomic E-state index is 11.8. The smallest absolute Gasteiger partial charge is 0.220 e. The summed E-state index contributed by atoms with van der Waals surface area (Å²) in [5.41, 5.74) is 1.15. The van der Waals surface area contributed by atoms with Gasteiger partial charge in [0.15, 0.2) is 0 Å². The van der Waals surface area contributed by atoms with Gasteiger partial charge >= 0.3 is 0 Å². The summed E-state index contributed by atoms with van der Waals surface area (Å²) >= 11 is 0. The van der Waals surface area contributed by atoms with E-state index in [1.807, 2.05) is 24.3 Å². The van der Waals surface area contributed by atoms with Crippen LogP contribution in [-0.2, 0) is 16.0 Å². The highest BCUT2D eigenvalue weighted by Gasteiger charge is 2.14. The van der Waals surface area contributed by atoms with Gasteiger partial charge in [0.25, 0.3) is 0 Å². The van der Waals surface area contributed by atoms with Crippen molar-refractivity contribution in [3.63, 3.8) is 0 Å². The molecular formula is C16H23NO3. The van der Waals surface area contributed by atoms with Crippen molar-refractivity contribution in [2.75, 3.05) is 26.9 Å². The van der Waals surface area contributed by atoms with E-state index in [9.17, 15) is 4.79 Å². The first-order chi connectivity index (χ1) is 9.78. The van der Waals surface area contributed by atoms with Crippen LogP contribution in [0, 0.1) is 5.92 Å². The van der Waals surface area contributed by atoms with Gasteiger partial charge in [-0.3, -0.25) is 4.79 Å². The third-order valence-corrected chi connectivity index (χ3v) is 3.64. The van der Waals surface area contributed by atoms with E-state index in [4.69, 9.17) is 9.47 Å². The molecule has 1 N–H and O–H groups in total. The Balaban J connectivity index is 1.66. The number of aryl methyl sites for hydroxylation is 1. The molecule has 1 aromatic carbocycles. The standard InChI is InChI=1S/C16H23NO3/c1-19-15-7-4-13(5-8-15)6-9-16(18)17-11-14-3-2-10-20-12-14/h4-5,7-8,14H,2-3,6,9-12H2,1H3,(H,17,18)/t14-/m1/s1. The lowest BCUT2D eigenvalue weighted by Gasteiger charge is -2.22. The quantitative estimate of drug-likeness (QED) is 0.867. The van der Waals surface area contributed by atoms with Crippen LogP contribution in [0.3, 0.4) is 0 Å². The number of carbonyl (C=O) groups excluding carboxylic acids is 1. The largest absolute Gasteiger partial charge is 0.497 e. The molecule has 0 spiro atoms. The van der Waals surface area contributed by atoms with Crippen molar-refractivity contribution in [2.24, 2.45) is 5.92 Å². The highest BCUT2D eigenvalue weighted by atomic mass is 16.5. The van der Waals surface area contributed by atoms with Gasteiger partial charge in [-0.2, -0.15) is 0 Å². The summed E-state index contributed by atoms with van der Waals surface area (Å²) in [6.45, 7) is 2.38. The highest BCUT2D eigenvalue weighted by molar-refractivity contribution is 5.76. The number of methoxy groups -OCH3 is 1. The van der Waals surface area contributed by atoms with Crippen LogP contribution < -0.4 is 10.1 Å². The van der Waals surface area contributed by atoms with Crippen molar-refractivity contribution in [3.8, 4) is 5.75 Å². The third-order valence-electron chi connectivity index (χ3n) is 3.64. The van der Waals surface area contributed by atoms with Crippen molar-refractivity contribution in [2.45, 2.75) is 25.7 Å². The van der Waals surface area contributed by atoms with E-state index >= 15 is 0 Å². The maximum Gasteiger partial charge on any atom is 0.220 e. The Kier molecular flexibility index (Phi) is 5.87. The second-order valence-corrected chi connectivity index (χ2v) is 5.24. The number of nitrogens with one attached hydrogen (secondary N) is 1. The maximum absolute atomic E-state index is 11.8. The lowest BCUT2D eigenvalue weighted by molar-refractivity contribution is -0.121. The van der Waals surface area contributed by atoms with Crippen LogP contribution in [0.25, 0.3) is 0 Å². The van der Waals surface area contributed by atoms with Gasteiger partial charge in [-0.1, -0.05) is 12.1 Å². The Labute approximate surface area is 120 Å². The van der Waals surface area contributed by atoms with Crippen LogP contribution in [0.4, 0.5) is 0 Å². The van der Waals surface area contributed by atoms with Gasteiger partial charge in [0, 0.05) is 19.6 Å². The number of benzene rings is 1. The molecule has 1 atom stereocenters. The van der Waals surface area contributed by atoms with Gasteiger partial charge in [0.1, 0.15) is 5.75 Å². The molecule has 0 saturated carbocycles. The average Bonchev–Trinajstić information content (AvgIpc) is 2.52.